The maximum absolute atomic E-state index is 11.3. The van der Waals surface area contributed by atoms with Gasteiger partial charge in [0, 0.05) is 43.7 Å². The largest absolute Gasteiger partial charge is 0.385 e. The van der Waals surface area contributed by atoms with Gasteiger partial charge in [-0.2, -0.15) is 0 Å². The average Bonchev–Trinajstić information content (AvgIpc) is 2.99. The maximum atomic E-state index is 11.3. The highest BCUT2D eigenvalue weighted by molar-refractivity contribution is 7.91. The Bertz CT molecular complexity index is 677. The van der Waals surface area contributed by atoms with Gasteiger partial charge in [-0.05, 0) is 18.6 Å². The number of thiophene rings is 2. The molecule has 6 nitrogen and oxygen atoms in total. The molecule has 0 fully saturated rings. The number of hydrogen-bond donors (Lipinski definition) is 2. The summed E-state index contributed by atoms with van der Waals surface area (Å²) in [5, 5.41) is 9.51. The third-order valence-corrected chi connectivity index (χ3v) is 6.94. The van der Waals surface area contributed by atoms with Gasteiger partial charge in [-0.3, -0.25) is 0 Å². The summed E-state index contributed by atoms with van der Waals surface area (Å²) in [6.45, 7) is 2.02. The van der Waals surface area contributed by atoms with E-state index in [-0.39, 0.29) is 10.3 Å². The number of nitrogens with one attached hydrogen (secondary N) is 1. The Kier molecular flexibility index (Phi) is 6.33. The zero-order valence-electron chi connectivity index (χ0n) is 12.5. The fourth-order valence-electron chi connectivity index (χ4n) is 2.05. The molecule has 0 aliphatic heterocycles. The van der Waals surface area contributed by atoms with Crippen LogP contribution in [0.25, 0.3) is 9.40 Å². The van der Waals surface area contributed by atoms with E-state index in [1.807, 2.05) is 6.07 Å². The van der Waals surface area contributed by atoms with Crippen molar-refractivity contribution in [3.8, 4) is 0 Å². The Morgan fingerprint density at radius 2 is 2.05 bits per heavy atom. The van der Waals surface area contributed by atoms with E-state index in [1.165, 1.54) is 11.3 Å². The van der Waals surface area contributed by atoms with E-state index < -0.39 is 10.0 Å². The van der Waals surface area contributed by atoms with E-state index in [1.54, 1.807) is 31.6 Å². The van der Waals surface area contributed by atoms with Crippen molar-refractivity contribution in [1.29, 1.82) is 0 Å². The molecule has 0 spiro atoms. The van der Waals surface area contributed by atoms with E-state index in [0.717, 1.165) is 20.7 Å². The second kappa shape index (κ2) is 7.82. The van der Waals surface area contributed by atoms with E-state index in [2.05, 4.69) is 5.32 Å². The molecule has 3 N–H and O–H groups in total. The Morgan fingerprint density at radius 1 is 1.27 bits per heavy atom. The third kappa shape index (κ3) is 4.72. The van der Waals surface area contributed by atoms with Crippen molar-refractivity contribution in [1.82, 2.24) is 5.32 Å². The fraction of sp³-hybridized carbons (Fsp3) is 0.538. The van der Waals surface area contributed by atoms with Crippen LogP contribution in [0.15, 0.2) is 16.3 Å². The lowest BCUT2D eigenvalue weighted by atomic mass is 10.2. The van der Waals surface area contributed by atoms with Crippen LogP contribution in [0, 0.1) is 0 Å². The zero-order chi connectivity index (χ0) is 16.2. The normalized spacial score (nSPS) is 13.8. The van der Waals surface area contributed by atoms with E-state index >= 15 is 0 Å². The van der Waals surface area contributed by atoms with Crippen molar-refractivity contribution in [2.75, 3.05) is 27.4 Å². The molecule has 2 aromatic heterocycles. The van der Waals surface area contributed by atoms with Crippen molar-refractivity contribution in [2.45, 2.75) is 23.2 Å². The number of sulfonamides is 1. The Hall–Kier alpha value is -0.550. The van der Waals surface area contributed by atoms with Crippen LogP contribution in [-0.2, 0) is 26.0 Å². The minimum absolute atomic E-state index is 0.214. The van der Waals surface area contributed by atoms with Crippen molar-refractivity contribution in [2.24, 2.45) is 5.14 Å². The molecule has 0 aromatic carbocycles. The van der Waals surface area contributed by atoms with Crippen LogP contribution in [0.4, 0.5) is 0 Å². The number of fused-ring (bicyclic) bond motifs is 1. The van der Waals surface area contributed by atoms with Gasteiger partial charge in [-0.25, -0.2) is 13.6 Å². The van der Waals surface area contributed by atoms with Crippen LogP contribution in [0.2, 0.25) is 0 Å². The molecule has 0 aliphatic rings. The molecule has 1 atom stereocenters. The van der Waals surface area contributed by atoms with Crippen LogP contribution in [0.1, 0.15) is 11.3 Å². The first-order valence-electron chi connectivity index (χ1n) is 6.70. The first-order valence-corrected chi connectivity index (χ1v) is 9.88. The van der Waals surface area contributed by atoms with Crippen LogP contribution in [0.3, 0.4) is 0 Å². The maximum Gasteiger partial charge on any atom is 0.247 e. The van der Waals surface area contributed by atoms with Gasteiger partial charge in [0.25, 0.3) is 0 Å². The van der Waals surface area contributed by atoms with Crippen molar-refractivity contribution in [3.05, 3.63) is 17.0 Å². The van der Waals surface area contributed by atoms with Crippen molar-refractivity contribution in [3.63, 3.8) is 0 Å². The fourth-order valence-corrected chi connectivity index (χ4v) is 5.39. The van der Waals surface area contributed by atoms with E-state index in [9.17, 15) is 8.42 Å². The molecule has 9 heteroatoms. The molecule has 1 unspecified atom stereocenters. The third-order valence-electron chi connectivity index (χ3n) is 3.13. The lowest BCUT2D eigenvalue weighted by Gasteiger charge is -2.16. The van der Waals surface area contributed by atoms with Gasteiger partial charge in [0.2, 0.25) is 10.0 Å². The quantitative estimate of drug-likeness (QED) is 0.707. The summed E-state index contributed by atoms with van der Waals surface area (Å²) in [6, 6.07) is 3.86. The van der Waals surface area contributed by atoms with Gasteiger partial charge in [0.15, 0.2) is 0 Å². The van der Waals surface area contributed by atoms with Gasteiger partial charge in [0.05, 0.1) is 10.6 Å². The highest BCUT2D eigenvalue weighted by Gasteiger charge is 2.15. The van der Waals surface area contributed by atoms with Crippen LogP contribution in [0.5, 0.6) is 0 Å². The molecule has 2 aromatic rings. The van der Waals surface area contributed by atoms with Crippen LogP contribution in [-0.4, -0.2) is 41.9 Å². The van der Waals surface area contributed by atoms with E-state index in [4.69, 9.17) is 14.6 Å². The standard InChI is InChI=1S/C13H20N2O4S3/c1-18-4-3-10(8-19-2)15-7-11-5-9-6-12(22(14,16)17)21-13(9)20-11/h5-6,10,15H,3-4,7-8H2,1-2H3,(H2,14,16,17). The highest BCUT2D eigenvalue weighted by atomic mass is 32.2. The van der Waals surface area contributed by atoms with Gasteiger partial charge in [0.1, 0.15) is 4.21 Å². The topological polar surface area (TPSA) is 90.7 Å². The van der Waals surface area contributed by atoms with Crippen molar-refractivity contribution >= 4 is 42.1 Å². The summed E-state index contributed by atoms with van der Waals surface area (Å²) >= 11 is 2.80. The van der Waals surface area contributed by atoms with Gasteiger partial charge < -0.3 is 14.8 Å². The molecule has 0 amide bonds. The second-order valence-electron chi connectivity index (χ2n) is 4.88. The number of rotatable bonds is 9. The SMILES string of the molecule is COCCC(COC)NCc1cc2cc(S(N)(=O)=O)sc2s1. The van der Waals surface area contributed by atoms with Gasteiger partial charge in [-0.1, -0.05) is 0 Å². The predicted molar refractivity (Wildman–Crippen MR) is 90.1 cm³/mol. The summed E-state index contributed by atoms with van der Waals surface area (Å²) in [7, 11) is -0.253. The molecule has 0 radical (unpaired) electrons. The van der Waals surface area contributed by atoms with Gasteiger partial charge in [-0.15, -0.1) is 22.7 Å². The van der Waals surface area contributed by atoms with Gasteiger partial charge >= 0.3 is 0 Å². The minimum Gasteiger partial charge on any atom is -0.385 e. The lowest BCUT2D eigenvalue weighted by Crippen LogP contribution is -2.33. The van der Waals surface area contributed by atoms with Crippen molar-refractivity contribution < 1.29 is 17.9 Å². The monoisotopic (exact) mass is 364 g/mol. The Labute approximate surface area is 138 Å². The molecular weight excluding hydrogens is 344 g/mol. The van der Waals surface area contributed by atoms with E-state index in [0.29, 0.717) is 19.8 Å². The van der Waals surface area contributed by atoms with Crippen LogP contribution >= 0.6 is 22.7 Å². The summed E-state index contributed by atoms with van der Waals surface area (Å²) in [4.78, 5) is 1.15. The molecule has 22 heavy (non-hydrogen) atoms. The Morgan fingerprint density at radius 3 is 2.64 bits per heavy atom. The second-order valence-corrected chi connectivity index (χ2v) is 9.12. The average molecular weight is 365 g/mol. The first kappa shape index (κ1) is 17.8. The summed E-state index contributed by atoms with van der Waals surface area (Å²) in [5.41, 5.74) is 0. The summed E-state index contributed by atoms with van der Waals surface area (Å²) < 4.78 is 34.1. The number of hydrogen-bond acceptors (Lipinski definition) is 7. The zero-order valence-corrected chi connectivity index (χ0v) is 14.9. The number of ether oxygens (including phenoxy) is 2. The number of nitrogens with two attached hydrogens (primary N) is 1. The number of primary sulfonamides is 1. The summed E-state index contributed by atoms with van der Waals surface area (Å²) in [6.07, 6.45) is 0.875. The molecule has 2 rings (SSSR count). The Balaban J connectivity index is 2.00. The van der Waals surface area contributed by atoms with Crippen LogP contribution < -0.4 is 10.5 Å². The molecule has 124 valence electrons. The molecule has 2 heterocycles. The minimum atomic E-state index is -3.61. The number of methoxy groups -OCH3 is 2. The first-order chi connectivity index (χ1) is 10.4. The molecule has 0 saturated carbocycles. The molecule has 0 aliphatic carbocycles. The molecule has 0 saturated heterocycles. The highest BCUT2D eigenvalue weighted by Crippen LogP contribution is 2.35. The summed E-state index contributed by atoms with van der Waals surface area (Å²) in [5.74, 6) is 0. The smallest absolute Gasteiger partial charge is 0.247 e. The molecular formula is C13H20N2O4S3. The molecule has 0 bridgehead atoms. The lowest BCUT2D eigenvalue weighted by molar-refractivity contribution is 0.132. The predicted octanol–water partition coefficient (Wildman–Crippen LogP) is 1.75.